The molecule has 0 radical (unpaired) electrons. The topological polar surface area (TPSA) is 29.9 Å². The summed E-state index contributed by atoms with van der Waals surface area (Å²) in [7, 11) is 0. The van der Waals surface area contributed by atoms with E-state index in [0.29, 0.717) is 11.3 Å². The van der Waals surface area contributed by atoms with Gasteiger partial charge in [-0.25, -0.2) is 0 Å². The third kappa shape index (κ3) is 5.88. The fourth-order valence-corrected chi connectivity index (χ4v) is 3.08. The Morgan fingerprint density at radius 3 is 2.60 bits per heavy atom. The van der Waals surface area contributed by atoms with Gasteiger partial charge in [-0.1, -0.05) is 27.7 Å². The zero-order valence-corrected chi connectivity index (χ0v) is 14.6. The number of rotatable bonds is 10. The van der Waals surface area contributed by atoms with E-state index in [9.17, 15) is 0 Å². The molecule has 0 saturated carbocycles. The maximum Gasteiger partial charge on any atom is 0.0624 e. The number of hydrogen-bond acceptors (Lipinski definition) is 3. The summed E-state index contributed by atoms with van der Waals surface area (Å²) in [4.78, 5) is 0. The summed E-state index contributed by atoms with van der Waals surface area (Å²) in [6.07, 6.45) is 3.30. The van der Waals surface area contributed by atoms with Gasteiger partial charge in [0.1, 0.15) is 0 Å². The minimum Gasteiger partial charge on any atom is -0.313 e. The third-order valence-corrected chi connectivity index (χ3v) is 4.61. The maximum absolute atomic E-state index is 4.66. The van der Waals surface area contributed by atoms with E-state index >= 15 is 0 Å². The molecular weight excluding hydrogens is 266 g/mol. The van der Waals surface area contributed by atoms with Crippen molar-refractivity contribution in [3.63, 3.8) is 0 Å². The van der Waals surface area contributed by atoms with Gasteiger partial charge in [0.2, 0.25) is 0 Å². The molecule has 1 aromatic rings. The molecule has 1 aromatic heterocycles. The Labute approximate surface area is 128 Å². The number of aromatic nitrogens is 2. The first-order valence-electron chi connectivity index (χ1n) is 8.01. The average molecular weight is 298 g/mol. The van der Waals surface area contributed by atoms with E-state index in [1.807, 2.05) is 11.8 Å². The lowest BCUT2D eigenvalue weighted by atomic mass is 10.1. The zero-order valence-electron chi connectivity index (χ0n) is 13.8. The van der Waals surface area contributed by atoms with E-state index in [-0.39, 0.29) is 0 Å². The van der Waals surface area contributed by atoms with Crippen LogP contribution in [-0.2, 0) is 19.4 Å². The second kappa shape index (κ2) is 9.46. The van der Waals surface area contributed by atoms with E-state index < -0.39 is 0 Å². The smallest absolute Gasteiger partial charge is 0.0624 e. The fraction of sp³-hybridized carbons (Fsp3) is 0.812. The molecule has 116 valence electrons. The fourth-order valence-electron chi connectivity index (χ4n) is 2.23. The van der Waals surface area contributed by atoms with Crippen LogP contribution in [0, 0.1) is 0 Å². The first kappa shape index (κ1) is 17.6. The Morgan fingerprint density at radius 2 is 2.05 bits per heavy atom. The molecule has 1 rings (SSSR count). The van der Waals surface area contributed by atoms with Gasteiger partial charge in [0.15, 0.2) is 0 Å². The van der Waals surface area contributed by atoms with Crippen molar-refractivity contribution in [3.05, 3.63) is 17.5 Å². The van der Waals surface area contributed by atoms with Crippen LogP contribution in [-0.4, -0.2) is 33.4 Å². The predicted octanol–water partition coefficient (Wildman–Crippen LogP) is 3.52. The van der Waals surface area contributed by atoms with Crippen molar-refractivity contribution in [1.29, 1.82) is 0 Å². The first-order chi connectivity index (χ1) is 9.60. The predicted molar refractivity (Wildman–Crippen MR) is 90.7 cm³/mol. The Balaban J connectivity index is 2.68. The van der Waals surface area contributed by atoms with Crippen LogP contribution < -0.4 is 5.32 Å². The third-order valence-electron chi connectivity index (χ3n) is 3.34. The standard InChI is InChI=1S/C16H31N3S/c1-6-9-17-15(12-20-13(4)5)11-16-10-14(7-2)18-19(16)8-3/h10,13,15,17H,6-9,11-12H2,1-5H3. The van der Waals surface area contributed by atoms with Gasteiger partial charge in [-0.3, -0.25) is 4.68 Å². The minimum atomic E-state index is 0.550. The number of nitrogens with one attached hydrogen (secondary N) is 1. The Morgan fingerprint density at radius 1 is 1.30 bits per heavy atom. The van der Waals surface area contributed by atoms with Gasteiger partial charge in [0.05, 0.1) is 5.69 Å². The van der Waals surface area contributed by atoms with Crippen molar-refractivity contribution < 1.29 is 0 Å². The van der Waals surface area contributed by atoms with E-state index in [1.165, 1.54) is 23.6 Å². The average Bonchev–Trinajstić information content (AvgIpc) is 2.83. The van der Waals surface area contributed by atoms with E-state index in [1.54, 1.807) is 0 Å². The number of hydrogen-bond donors (Lipinski definition) is 1. The molecule has 0 amide bonds. The lowest BCUT2D eigenvalue weighted by Gasteiger charge is -2.19. The lowest BCUT2D eigenvalue weighted by Crippen LogP contribution is -2.35. The summed E-state index contributed by atoms with van der Waals surface area (Å²) in [6, 6.07) is 2.83. The number of thioether (sulfide) groups is 1. The van der Waals surface area contributed by atoms with Crippen molar-refractivity contribution in [2.75, 3.05) is 12.3 Å². The van der Waals surface area contributed by atoms with E-state index in [0.717, 1.165) is 25.9 Å². The van der Waals surface area contributed by atoms with Gasteiger partial charge in [-0.2, -0.15) is 16.9 Å². The van der Waals surface area contributed by atoms with Gasteiger partial charge in [0.25, 0.3) is 0 Å². The second-order valence-corrected chi connectivity index (χ2v) is 7.14. The molecule has 1 heterocycles. The van der Waals surface area contributed by atoms with Crippen LogP contribution >= 0.6 is 11.8 Å². The molecule has 4 heteroatoms. The van der Waals surface area contributed by atoms with Crippen LogP contribution in [0.1, 0.15) is 52.4 Å². The molecule has 20 heavy (non-hydrogen) atoms. The van der Waals surface area contributed by atoms with Gasteiger partial charge in [-0.15, -0.1) is 0 Å². The summed E-state index contributed by atoms with van der Waals surface area (Å²) in [5, 5.41) is 9.05. The van der Waals surface area contributed by atoms with Crippen LogP contribution in [0.4, 0.5) is 0 Å². The molecule has 0 aliphatic carbocycles. The van der Waals surface area contributed by atoms with Crippen molar-refractivity contribution in [2.45, 2.75) is 71.7 Å². The highest BCUT2D eigenvalue weighted by atomic mass is 32.2. The molecule has 0 aromatic carbocycles. The van der Waals surface area contributed by atoms with Gasteiger partial charge in [-0.05, 0) is 37.6 Å². The molecule has 0 aliphatic heterocycles. The Hall–Kier alpha value is -0.480. The van der Waals surface area contributed by atoms with Crippen molar-refractivity contribution in [1.82, 2.24) is 15.1 Å². The van der Waals surface area contributed by atoms with Gasteiger partial charge >= 0.3 is 0 Å². The van der Waals surface area contributed by atoms with Crippen LogP contribution in [0.2, 0.25) is 0 Å². The highest BCUT2D eigenvalue weighted by Crippen LogP contribution is 2.15. The van der Waals surface area contributed by atoms with Crippen LogP contribution in [0.15, 0.2) is 6.07 Å². The second-order valence-electron chi connectivity index (χ2n) is 5.53. The molecule has 0 spiro atoms. The first-order valence-corrected chi connectivity index (χ1v) is 9.06. The van der Waals surface area contributed by atoms with Crippen molar-refractivity contribution in [3.8, 4) is 0 Å². The maximum atomic E-state index is 4.66. The highest BCUT2D eigenvalue weighted by molar-refractivity contribution is 7.99. The summed E-state index contributed by atoms with van der Waals surface area (Å²) >= 11 is 2.04. The molecule has 1 N–H and O–H groups in total. The minimum absolute atomic E-state index is 0.550. The number of nitrogens with zero attached hydrogens (tertiary/aromatic N) is 2. The molecule has 3 nitrogen and oxygen atoms in total. The normalized spacial score (nSPS) is 13.1. The van der Waals surface area contributed by atoms with Crippen molar-refractivity contribution >= 4 is 11.8 Å². The monoisotopic (exact) mass is 297 g/mol. The highest BCUT2D eigenvalue weighted by Gasteiger charge is 2.14. The molecule has 0 aliphatic rings. The number of aryl methyl sites for hydroxylation is 2. The lowest BCUT2D eigenvalue weighted by molar-refractivity contribution is 0.519. The summed E-state index contributed by atoms with van der Waals surface area (Å²) in [6.45, 7) is 13.2. The molecular formula is C16H31N3S. The van der Waals surface area contributed by atoms with Gasteiger partial charge in [0, 0.05) is 30.5 Å². The quantitative estimate of drug-likeness (QED) is 0.716. The van der Waals surface area contributed by atoms with Gasteiger partial charge < -0.3 is 5.32 Å². The Bertz CT molecular complexity index is 374. The van der Waals surface area contributed by atoms with Crippen LogP contribution in [0.5, 0.6) is 0 Å². The Kier molecular flexibility index (Phi) is 8.31. The van der Waals surface area contributed by atoms with Crippen molar-refractivity contribution in [2.24, 2.45) is 0 Å². The van der Waals surface area contributed by atoms with E-state index in [2.05, 4.69) is 55.8 Å². The van der Waals surface area contributed by atoms with Crippen LogP contribution in [0.25, 0.3) is 0 Å². The molecule has 1 unspecified atom stereocenters. The SMILES string of the molecule is CCCNC(CSC(C)C)Cc1cc(CC)nn1CC. The summed E-state index contributed by atoms with van der Waals surface area (Å²) < 4.78 is 2.17. The zero-order chi connectivity index (χ0) is 15.0. The molecule has 0 bridgehead atoms. The summed E-state index contributed by atoms with van der Waals surface area (Å²) in [5.74, 6) is 1.17. The molecule has 0 fully saturated rings. The molecule has 1 atom stereocenters. The largest absolute Gasteiger partial charge is 0.313 e. The van der Waals surface area contributed by atoms with Crippen LogP contribution in [0.3, 0.4) is 0 Å². The molecule has 0 saturated heterocycles. The summed E-state index contributed by atoms with van der Waals surface area (Å²) in [5.41, 5.74) is 2.59. The van der Waals surface area contributed by atoms with E-state index in [4.69, 9.17) is 0 Å².